The second-order valence-corrected chi connectivity index (χ2v) is 4.85. The molecule has 1 fully saturated rings. The molecule has 0 saturated carbocycles. The smallest absolute Gasteiger partial charge is 0.228 e. The maximum absolute atomic E-state index is 11.8. The second kappa shape index (κ2) is 4.63. The summed E-state index contributed by atoms with van der Waals surface area (Å²) in [6.45, 7) is 2.62. The minimum absolute atomic E-state index is 0.122. The maximum atomic E-state index is 11.8. The Morgan fingerprint density at radius 2 is 2.44 bits per heavy atom. The van der Waals surface area contributed by atoms with Gasteiger partial charge in [0.15, 0.2) is 0 Å². The first-order valence-corrected chi connectivity index (χ1v) is 6.16. The lowest BCUT2D eigenvalue weighted by Gasteiger charge is -2.17. The molecule has 86 valence electrons. The van der Waals surface area contributed by atoms with Crippen molar-refractivity contribution in [3.8, 4) is 0 Å². The third-order valence-electron chi connectivity index (χ3n) is 2.74. The van der Waals surface area contributed by atoms with Crippen molar-refractivity contribution in [3.05, 3.63) is 22.8 Å². The summed E-state index contributed by atoms with van der Waals surface area (Å²) < 4.78 is 0. The highest BCUT2D eigenvalue weighted by Crippen LogP contribution is 2.27. The van der Waals surface area contributed by atoms with Crippen LogP contribution >= 0.6 is 24.2 Å². The molecule has 1 amide bonds. The van der Waals surface area contributed by atoms with Gasteiger partial charge in [-0.1, -0.05) is 11.6 Å². The zero-order chi connectivity index (χ0) is 11.7. The molecular formula is C11H13ClN2OS. The summed E-state index contributed by atoms with van der Waals surface area (Å²) in [6, 6.07) is 1.82. The Kier molecular flexibility index (Phi) is 3.40. The Bertz CT molecular complexity index is 424. The van der Waals surface area contributed by atoms with Gasteiger partial charge in [0.25, 0.3) is 0 Å². The Morgan fingerprint density at radius 1 is 1.69 bits per heavy atom. The lowest BCUT2D eigenvalue weighted by Crippen LogP contribution is -2.26. The standard InChI is InChI=1S/C11H13ClN2OS/c1-7-2-9(12)4-13-11(7)14-5-8(6-16)3-10(14)15/h2,4,8,16H,3,5-6H2,1H3. The molecule has 1 aromatic heterocycles. The van der Waals surface area contributed by atoms with Crippen LogP contribution in [0.15, 0.2) is 12.3 Å². The van der Waals surface area contributed by atoms with Crippen LogP contribution in [0, 0.1) is 12.8 Å². The minimum atomic E-state index is 0.122. The first-order chi connectivity index (χ1) is 7.61. The number of hydrogen-bond acceptors (Lipinski definition) is 3. The normalized spacial score (nSPS) is 20.6. The van der Waals surface area contributed by atoms with Crippen molar-refractivity contribution in [2.45, 2.75) is 13.3 Å². The fraction of sp³-hybridized carbons (Fsp3) is 0.455. The van der Waals surface area contributed by atoms with Gasteiger partial charge in [0.05, 0.1) is 5.02 Å². The van der Waals surface area contributed by atoms with Crippen molar-refractivity contribution in [1.29, 1.82) is 0 Å². The zero-order valence-electron chi connectivity index (χ0n) is 8.98. The minimum Gasteiger partial charge on any atom is -0.296 e. The van der Waals surface area contributed by atoms with Gasteiger partial charge in [-0.05, 0) is 30.2 Å². The van der Waals surface area contributed by atoms with E-state index in [0.717, 1.165) is 17.1 Å². The number of pyridine rings is 1. The molecule has 16 heavy (non-hydrogen) atoms. The molecule has 0 N–H and O–H groups in total. The molecule has 1 aliphatic heterocycles. The van der Waals surface area contributed by atoms with E-state index in [0.29, 0.717) is 23.9 Å². The molecule has 2 rings (SSSR count). The van der Waals surface area contributed by atoms with Crippen molar-refractivity contribution < 1.29 is 4.79 Å². The third-order valence-corrected chi connectivity index (χ3v) is 3.46. The molecule has 0 aromatic carbocycles. The number of hydrogen-bond donors (Lipinski definition) is 1. The Balaban J connectivity index is 2.28. The van der Waals surface area contributed by atoms with E-state index in [9.17, 15) is 4.79 Å². The SMILES string of the molecule is Cc1cc(Cl)cnc1N1CC(CS)CC1=O. The molecule has 5 heteroatoms. The van der Waals surface area contributed by atoms with Gasteiger partial charge in [0.2, 0.25) is 5.91 Å². The number of aryl methyl sites for hydroxylation is 1. The van der Waals surface area contributed by atoms with Crippen LogP contribution in [0.1, 0.15) is 12.0 Å². The number of carbonyl (C=O) groups excluding carboxylic acids is 1. The highest BCUT2D eigenvalue weighted by molar-refractivity contribution is 7.80. The van der Waals surface area contributed by atoms with Crippen LogP contribution in [0.5, 0.6) is 0 Å². The van der Waals surface area contributed by atoms with Crippen LogP contribution in [0.3, 0.4) is 0 Å². The average Bonchev–Trinajstić information content (AvgIpc) is 2.60. The van der Waals surface area contributed by atoms with Crippen molar-refractivity contribution in [1.82, 2.24) is 4.98 Å². The second-order valence-electron chi connectivity index (χ2n) is 4.05. The molecule has 1 aromatic rings. The van der Waals surface area contributed by atoms with Crippen LogP contribution in [0.2, 0.25) is 5.02 Å². The molecule has 3 nitrogen and oxygen atoms in total. The summed E-state index contributed by atoms with van der Waals surface area (Å²) in [6.07, 6.45) is 2.14. The molecular weight excluding hydrogens is 244 g/mol. The van der Waals surface area contributed by atoms with Gasteiger partial charge in [-0.15, -0.1) is 0 Å². The molecule has 0 aliphatic carbocycles. The number of carbonyl (C=O) groups is 1. The number of aromatic nitrogens is 1. The first kappa shape index (κ1) is 11.7. The highest BCUT2D eigenvalue weighted by Gasteiger charge is 2.31. The topological polar surface area (TPSA) is 33.2 Å². The number of thiol groups is 1. The zero-order valence-corrected chi connectivity index (χ0v) is 10.6. The van der Waals surface area contributed by atoms with Crippen molar-refractivity contribution >= 4 is 36.0 Å². The van der Waals surface area contributed by atoms with E-state index in [1.165, 1.54) is 0 Å². The molecule has 1 unspecified atom stereocenters. The van der Waals surface area contributed by atoms with Gasteiger partial charge >= 0.3 is 0 Å². The van der Waals surface area contributed by atoms with Crippen LogP contribution < -0.4 is 4.90 Å². The molecule has 1 saturated heterocycles. The number of nitrogens with zero attached hydrogens (tertiary/aromatic N) is 2. The fourth-order valence-corrected chi connectivity index (χ4v) is 2.38. The quantitative estimate of drug-likeness (QED) is 0.824. The molecule has 2 heterocycles. The summed E-state index contributed by atoms with van der Waals surface area (Å²) in [5.74, 6) is 1.90. The Morgan fingerprint density at radius 3 is 3.00 bits per heavy atom. The van der Waals surface area contributed by atoms with Gasteiger partial charge in [-0.3, -0.25) is 9.69 Å². The van der Waals surface area contributed by atoms with Crippen LogP contribution in [0.25, 0.3) is 0 Å². The fourth-order valence-electron chi connectivity index (χ4n) is 1.92. The number of halogens is 1. The Hall–Kier alpha value is -0.740. The predicted octanol–water partition coefficient (Wildman–Crippen LogP) is 2.33. The molecule has 1 aliphatic rings. The van der Waals surface area contributed by atoms with Crippen LogP contribution in [-0.2, 0) is 4.79 Å². The van der Waals surface area contributed by atoms with E-state index < -0.39 is 0 Å². The average molecular weight is 257 g/mol. The monoisotopic (exact) mass is 256 g/mol. The van der Waals surface area contributed by atoms with Gasteiger partial charge in [0.1, 0.15) is 5.82 Å². The third kappa shape index (κ3) is 2.18. The van der Waals surface area contributed by atoms with E-state index in [1.54, 1.807) is 11.1 Å². The summed E-state index contributed by atoms with van der Waals surface area (Å²) in [4.78, 5) is 17.8. The predicted molar refractivity (Wildman–Crippen MR) is 68.3 cm³/mol. The van der Waals surface area contributed by atoms with E-state index in [1.807, 2.05) is 13.0 Å². The molecule has 0 bridgehead atoms. The van der Waals surface area contributed by atoms with Crippen LogP contribution in [-0.4, -0.2) is 23.2 Å². The first-order valence-electron chi connectivity index (χ1n) is 5.15. The Labute approximate surface area is 105 Å². The van der Waals surface area contributed by atoms with E-state index in [4.69, 9.17) is 11.6 Å². The lowest BCUT2D eigenvalue weighted by molar-refractivity contribution is -0.117. The molecule has 1 atom stereocenters. The van der Waals surface area contributed by atoms with Crippen molar-refractivity contribution in [2.24, 2.45) is 5.92 Å². The van der Waals surface area contributed by atoms with Gasteiger partial charge in [-0.2, -0.15) is 12.6 Å². The highest BCUT2D eigenvalue weighted by atomic mass is 35.5. The van der Waals surface area contributed by atoms with Crippen LogP contribution in [0.4, 0.5) is 5.82 Å². The molecule has 0 radical (unpaired) electrons. The summed E-state index contributed by atoms with van der Waals surface area (Å²) >= 11 is 10.1. The van der Waals surface area contributed by atoms with Gasteiger partial charge in [0, 0.05) is 19.2 Å². The number of anilines is 1. The van der Waals surface area contributed by atoms with E-state index in [2.05, 4.69) is 17.6 Å². The van der Waals surface area contributed by atoms with Crippen molar-refractivity contribution in [2.75, 3.05) is 17.2 Å². The van der Waals surface area contributed by atoms with Gasteiger partial charge in [-0.25, -0.2) is 4.98 Å². The number of amides is 1. The largest absolute Gasteiger partial charge is 0.296 e. The van der Waals surface area contributed by atoms with E-state index in [-0.39, 0.29) is 5.91 Å². The van der Waals surface area contributed by atoms with E-state index >= 15 is 0 Å². The number of rotatable bonds is 2. The summed E-state index contributed by atoms with van der Waals surface area (Å²) in [5, 5.41) is 0.596. The molecule has 0 spiro atoms. The summed E-state index contributed by atoms with van der Waals surface area (Å²) in [7, 11) is 0. The summed E-state index contributed by atoms with van der Waals surface area (Å²) in [5.41, 5.74) is 0.931. The maximum Gasteiger partial charge on any atom is 0.228 e. The van der Waals surface area contributed by atoms with Gasteiger partial charge < -0.3 is 0 Å². The van der Waals surface area contributed by atoms with Crippen molar-refractivity contribution in [3.63, 3.8) is 0 Å². The lowest BCUT2D eigenvalue weighted by atomic mass is 10.1.